The molecule has 0 aliphatic heterocycles. The van der Waals surface area contributed by atoms with Crippen molar-refractivity contribution in [2.45, 2.75) is 39.0 Å². The molecule has 80 valence electrons. The van der Waals surface area contributed by atoms with Crippen molar-refractivity contribution in [3.05, 3.63) is 0 Å². The lowest BCUT2D eigenvalue weighted by Gasteiger charge is -2.29. The van der Waals surface area contributed by atoms with E-state index in [4.69, 9.17) is 11.6 Å². The van der Waals surface area contributed by atoms with E-state index in [-0.39, 0.29) is 0 Å². The van der Waals surface area contributed by atoms with Gasteiger partial charge in [-0.2, -0.15) is 0 Å². The van der Waals surface area contributed by atoms with E-state index in [1.54, 1.807) is 0 Å². The second kappa shape index (κ2) is 7.64. The van der Waals surface area contributed by atoms with Crippen LogP contribution in [0.1, 0.15) is 39.0 Å². The van der Waals surface area contributed by atoms with Gasteiger partial charge in [0.05, 0.1) is 27.2 Å². The van der Waals surface area contributed by atoms with E-state index >= 15 is 0 Å². The first-order chi connectivity index (χ1) is 6.12. The Morgan fingerprint density at radius 3 is 2.08 bits per heavy atom. The number of rotatable bonds is 8. The molecular weight excluding hydrogens is 182 g/mol. The zero-order valence-corrected chi connectivity index (χ0v) is 10.2. The second-order valence-corrected chi connectivity index (χ2v) is 4.86. The Hall–Kier alpha value is 0.250. The van der Waals surface area contributed by atoms with E-state index in [0.717, 1.165) is 16.8 Å². The lowest BCUT2D eigenvalue weighted by Crippen LogP contribution is -2.41. The van der Waals surface area contributed by atoms with Crippen molar-refractivity contribution in [1.29, 1.82) is 0 Å². The highest BCUT2D eigenvalue weighted by atomic mass is 35.5. The van der Waals surface area contributed by atoms with Gasteiger partial charge in [-0.15, -0.1) is 11.6 Å². The van der Waals surface area contributed by atoms with E-state index < -0.39 is 0 Å². The maximum Gasteiger partial charge on any atom is 0.0794 e. The zero-order valence-electron chi connectivity index (χ0n) is 9.48. The highest BCUT2D eigenvalue weighted by Crippen LogP contribution is 2.06. The van der Waals surface area contributed by atoms with Gasteiger partial charge in [0.25, 0.3) is 0 Å². The number of unbranched alkanes of at least 4 members (excludes halogenated alkanes) is 3. The quantitative estimate of drug-likeness (QED) is 0.325. The van der Waals surface area contributed by atoms with Crippen molar-refractivity contribution in [1.82, 2.24) is 0 Å². The Kier molecular flexibility index (Phi) is 7.78. The van der Waals surface area contributed by atoms with E-state index in [1.807, 2.05) is 0 Å². The molecule has 0 amide bonds. The van der Waals surface area contributed by atoms with Crippen LogP contribution in [-0.4, -0.2) is 37.5 Å². The summed E-state index contributed by atoms with van der Waals surface area (Å²) in [6.07, 6.45) is 6.61. The molecule has 0 fully saturated rings. The van der Waals surface area contributed by atoms with Crippen LogP contribution >= 0.6 is 11.6 Å². The molecule has 13 heavy (non-hydrogen) atoms. The molecule has 0 atom stereocenters. The van der Waals surface area contributed by atoms with Crippen molar-refractivity contribution in [3.63, 3.8) is 0 Å². The molecule has 2 heteroatoms. The maximum atomic E-state index is 5.68. The first-order valence-corrected chi connectivity index (χ1v) is 6.04. The molecule has 0 heterocycles. The second-order valence-electron chi connectivity index (χ2n) is 4.49. The van der Waals surface area contributed by atoms with Crippen molar-refractivity contribution in [2.24, 2.45) is 0 Å². The minimum atomic E-state index is 0.802. The minimum Gasteiger partial charge on any atom is -0.328 e. The molecule has 0 spiro atoms. The summed E-state index contributed by atoms with van der Waals surface area (Å²) in [5, 5.41) is 0. The predicted molar refractivity (Wildman–Crippen MR) is 61.3 cm³/mol. The summed E-state index contributed by atoms with van der Waals surface area (Å²) in [4.78, 5) is 0. The lowest BCUT2D eigenvalue weighted by atomic mass is 10.2. The van der Waals surface area contributed by atoms with Crippen LogP contribution in [-0.2, 0) is 0 Å². The van der Waals surface area contributed by atoms with Crippen LogP contribution in [0.2, 0.25) is 0 Å². The number of halogens is 1. The molecule has 0 rings (SSSR count). The molecule has 0 aromatic rings. The van der Waals surface area contributed by atoms with E-state index in [9.17, 15) is 0 Å². The van der Waals surface area contributed by atoms with Crippen LogP contribution in [0.3, 0.4) is 0 Å². The Balaban J connectivity index is 3.39. The zero-order chi connectivity index (χ0) is 10.2. The standard InChI is InChI=1S/C11H25ClN/c1-4-5-6-7-10-13(2,3)11-8-9-12/h4-11H2,1-3H3/q+1. The Labute approximate surface area is 88.7 Å². The van der Waals surface area contributed by atoms with Gasteiger partial charge in [-0.25, -0.2) is 0 Å². The summed E-state index contributed by atoms with van der Waals surface area (Å²) in [6, 6.07) is 0. The largest absolute Gasteiger partial charge is 0.328 e. The third kappa shape index (κ3) is 8.58. The van der Waals surface area contributed by atoms with Crippen molar-refractivity contribution < 1.29 is 4.48 Å². The highest BCUT2D eigenvalue weighted by molar-refractivity contribution is 6.17. The Bertz CT molecular complexity index is 113. The number of quaternary nitrogens is 1. The smallest absolute Gasteiger partial charge is 0.0794 e. The molecule has 0 saturated heterocycles. The predicted octanol–water partition coefficient (Wildman–Crippen LogP) is 3.27. The molecular formula is C11H25ClN+. The fourth-order valence-electron chi connectivity index (χ4n) is 1.57. The topological polar surface area (TPSA) is 0 Å². The average Bonchev–Trinajstić information content (AvgIpc) is 2.09. The van der Waals surface area contributed by atoms with Crippen molar-refractivity contribution in [2.75, 3.05) is 33.1 Å². The summed E-state index contributed by atoms with van der Waals surface area (Å²) in [6.45, 7) is 4.78. The normalized spacial score (nSPS) is 12.0. The average molecular weight is 207 g/mol. The molecule has 0 aliphatic rings. The number of alkyl halides is 1. The Morgan fingerprint density at radius 1 is 0.923 bits per heavy atom. The molecule has 0 aromatic carbocycles. The van der Waals surface area contributed by atoms with Gasteiger partial charge in [-0.1, -0.05) is 19.8 Å². The molecule has 0 bridgehead atoms. The van der Waals surface area contributed by atoms with Crippen LogP contribution in [0.25, 0.3) is 0 Å². The minimum absolute atomic E-state index is 0.802. The first-order valence-electron chi connectivity index (χ1n) is 5.50. The van der Waals surface area contributed by atoms with E-state index in [2.05, 4.69) is 21.0 Å². The van der Waals surface area contributed by atoms with Crippen LogP contribution in [0.5, 0.6) is 0 Å². The number of hydrogen-bond donors (Lipinski definition) is 0. The van der Waals surface area contributed by atoms with Gasteiger partial charge in [-0.05, 0) is 12.8 Å². The summed E-state index contributed by atoms with van der Waals surface area (Å²) in [5.74, 6) is 0.802. The monoisotopic (exact) mass is 206 g/mol. The van der Waals surface area contributed by atoms with Gasteiger partial charge in [0.1, 0.15) is 0 Å². The third-order valence-electron chi connectivity index (χ3n) is 2.51. The van der Waals surface area contributed by atoms with Crippen LogP contribution < -0.4 is 0 Å². The van der Waals surface area contributed by atoms with Gasteiger partial charge >= 0.3 is 0 Å². The summed E-state index contributed by atoms with van der Waals surface area (Å²) < 4.78 is 1.14. The van der Waals surface area contributed by atoms with Crippen LogP contribution in [0.15, 0.2) is 0 Å². The fourth-order valence-corrected chi connectivity index (χ4v) is 1.69. The summed E-state index contributed by atoms with van der Waals surface area (Å²) in [5.41, 5.74) is 0. The van der Waals surface area contributed by atoms with E-state index in [1.165, 1.54) is 38.8 Å². The van der Waals surface area contributed by atoms with Crippen molar-refractivity contribution in [3.8, 4) is 0 Å². The van der Waals surface area contributed by atoms with Gasteiger partial charge in [0.15, 0.2) is 0 Å². The molecule has 0 radical (unpaired) electrons. The summed E-state index contributed by atoms with van der Waals surface area (Å²) in [7, 11) is 4.61. The molecule has 0 saturated carbocycles. The van der Waals surface area contributed by atoms with Gasteiger partial charge < -0.3 is 4.48 Å². The SMILES string of the molecule is CCCCCC[N+](C)(C)CCCCl. The van der Waals surface area contributed by atoms with Crippen molar-refractivity contribution >= 4 is 11.6 Å². The fraction of sp³-hybridized carbons (Fsp3) is 1.00. The molecule has 0 unspecified atom stereocenters. The van der Waals surface area contributed by atoms with Crippen LogP contribution in [0, 0.1) is 0 Å². The number of nitrogens with zero attached hydrogens (tertiary/aromatic N) is 1. The Morgan fingerprint density at radius 2 is 1.54 bits per heavy atom. The van der Waals surface area contributed by atoms with E-state index in [0.29, 0.717) is 0 Å². The third-order valence-corrected chi connectivity index (χ3v) is 2.78. The molecule has 0 N–H and O–H groups in total. The molecule has 1 nitrogen and oxygen atoms in total. The molecule has 0 aromatic heterocycles. The summed E-state index contributed by atoms with van der Waals surface area (Å²) >= 11 is 5.68. The van der Waals surface area contributed by atoms with Gasteiger partial charge in [-0.3, -0.25) is 0 Å². The lowest BCUT2D eigenvalue weighted by molar-refractivity contribution is -0.890. The molecule has 0 aliphatic carbocycles. The first kappa shape index (κ1) is 13.2. The highest BCUT2D eigenvalue weighted by Gasteiger charge is 2.12. The van der Waals surface area contributed by atoms with Gasteiger partial charge in [0, 0.05) is 12.3 Å². The van der Waals surface area contributed by atoms with Gasteiger partial charge in [0.2, 0.25) is 0 Å². The van der Waals surface area contributed by atoms with Crippen LogP contribution in [0.4, 0.5) is 0 Å². The number of hydrogen-bond acceptors (Lipinski definition) is 0. The maximum absolute atomic E-state index is 5.68.